The topological polar surface area (TPSA) is 99.1 Å². The van der Waals surface area contributed by atoms with Crippen LogP contribution >= 0.6 is 0 Å². The molecule has 0 bridgehead atoms. The predicted molar refractivity (Wildman–Crippen MR) is 210 cm³/mol. The summed E-state index contributed by atoms with van der Waals surface area (Å²) in [7, 11) is 1.60. The number of amides is 1. The van der Waals surface area contributed by atoms with Gasteiger partial charge in [-0.1, -0.05) is 60.7 Å². The van der Waals surface area contributed by atoms with Gasteiger partial charge in [0.2, 0.25) is 5.91 Å². The van der Waals surface area contributed by atoms with Crippen molar-refractivity contribution >= 4 is 22.4 Å². The number of aryl methyl sites for hydroxylation is 1. The summed E-state index contributed by atoms with van der Waals surface area (Å²) in [6, 6.07) is 23.9. The van der Waals surface area contributed by atoms with Crippen LogP contribution in [-0.2, 0) is 37.9 Å². The Hall–Kier alpha value is -5.31. The molecule has 2 fully saturated rings. The Balaban J connectivity index is 0.933. The summed E-state index contributed by atoms with van der Waals surface area (Å²) < 4.78 is 78.8. The van der Waals surface area contributed by atoms with Crippen LogP contribution in [0.2, 0.25) is 0 Å². The maximum absolute atomic E-state index is 15.8. The molecule has 3 unspecified atom stereocenters. The van der Waals surface area contributed by atoms with Crippen molar-refractivity contribution in [1.29, 1.82) is 0 Å². The fourth-order valence-corrected chi connectivity index (χ4v) is 8.73. The molecule has 304 valence electrons. The third kappa shape index (κ3) is 8.45. The number of rotatable bonds is 9. The molecule has 1 aromatic heterocycles. The lowest BCUT2D eigenvalue weighted by Gasteiger charge is -2.39. The van der Waals surface area contributed by atoms with E-state index in [4.69, 9.17) is 0 Å². The Labute approximate surface area is 332 Å². The van der Waals surface area contributed by atoms with Crippen LogP contribution in [-0.4, -0.2) is 69.6 Å². The van der Waals surface area contributed by atoms with Gasteiger partial charge in [-0.25, -0.2) is 8.78 Å². The Bertz CT molecular complexity index is 2380. The molecule has 58 heavy (non-hydrogen) atoms. The van der Waals surface area contributed by atoms with Crippen molar-refractivity contribution in [1.82, 2.24) is 19.7 Å². The second-order valence-electron chi connectivity index (χ2n) is 15.6. The SMILES string of the molecule is Cn1cc(-c2ccc(CN3CCc4c(cccc4CN4CCC(c5ccc(NC6CCC(O)NC6=O)cc5)C(F)(F)C4)C3)c(OC(F)(F)F)c2)c2ccccc2c1=O. The molecule has 5 aromatic rings. The van der Waals surface area contributed by atoms with Crippen molar-refractivity contribution in [3.05, 3.63) is 129 Å². The van der Waals surface area contributed by atoms with Gasteiger partial charge in [0.25, 0.3) is 11.5 Å². The Morgan fingerprint density at radius 1 is 0.879 bits per heavy atom. The van der Waals surface area contributed by atoms with Crippen LogP contribution in [0, 0.1) is 0 Å². The molecular weight excluding hydrogens is 758 g/mol. The van der Waals surface area contributed by atoms with Crippen molar-refractivity contribution in [3.63, 3.8) is 0 Å². The smallest absolute Gasteiger partial charge is 0.405 e. The fraction of sp³-hybridized carbons (Fsp3) is 0.364. The molecule has 3 N–H and O–H groups in total. The van der Waals surface area contributed by atoms with E-state index in [1.807, 2.05) is 18.2 Å². The molecule has 0 radical (unpaired) electrons. The van der Waals surface area contributed by atoms with Gasteiger partial charge in [-0.2, -0.15) is 0 Å². The van der Waals surface area contributed by atoms with Crippen LogP contribution in [0.15, 0.2) is 95.9 Å². The number of aliphatic hydroxyl groups excluding tert-OH is 1. The van der Waals surface area contributed by atoms with Crippen LogP contribution in [0.5, 0.6) is 5.75 Å². The van der Waals surface area contributed by atoms with E-state index >= 15 is 8.78 Å². The lowest BCUT2D eigenvalue weighted by molar-refractivity contribution is -0.275. The number of aromatic nitrogens is 1. The molecule has 8 rings (SSSR count). The summed E-state index contributed by atoms with van der Waals surface area (Å²) in [4.78, 5) is 28.8. The number of nitrogens with one attached hydrogen (secondary N) is 2. The van der Waals surface area contributed by atoms with Crippen molar-refractivity contribution < 1.29 is 36.6 Å². The van der Waals surface area contributed by atoms with Gasteiger partial charge in [-0.05, 0) is 89.7 Å². The van der Waals surface area contributed by atoms with E-state index in [0.717, 1.165) is 16.7 Å². The van der Waals surface area contributed by atoms with E-state index in [9.17, 15) is 27.9 Å². The number of anilines is 1. The van der Waals surface area contributed by atoms with Gasteiger partial charge in [0.05, 0.1) is 12.5 Å². The molecule has 0 saturated carbocycles. The number of alkyl halides is 5. The molecule has 14 heteroatoms. The summed E-state index contributed by atoms with van der Waals surface area (Å²) in [5.74, 6) is -4.54. The Morgan fingerprint density at radius 2 is 1.64 bits per heavy atom. The average Bonchev–Trinajstić information content (AvgIpc) is 3.18. The van der Waals surface area contributed by atoms with E-state index in [1.165, 1.54) is 10.6 Å². The van der Waals surface area contributed by atoms with Gasteiger partial charge in [0.15, 0.2) is 0 Å². The van der Waals surface area contributed by atoms with Crippen LogP contribution < -0.4 is 20.9 Å². The number of halogens is 5. The van der Waals surface area contributed by atoms with E-state index in [-0.39, 0.29) is 30.2 Å². The Morgan fingerprint density at radius 3 is 2.38 bits per heavy atom. The van der Waals surface area contributed by atoms with Crippen molar-refractivity contribution in [2.45, 2.75) is 75.8 Å². The van der Waals surface area contributed by atoms with Crippen molar-refractivity contribution in [3.8, 4) is 16.9 Å². The first-order chi connectivity index (χ1) is 27.7. The summed E-state index contributed by atoms with van der Waals surface area (Å²) in [5.41, 5.74) is 5.49. The Kier molecular flexibility index (Phi) is 10.8. The molecule has 3 aliphatic rings. The van der Waals surface area contributed by atoms with Gasteiger partial charge in [-0.3, -0.25) is 19.4 Å². The number of piperidine rings is 2. The van der Waals surface area contributed by atoms with Crippen LogP contribution in [0.4, 0.5) is 27.6 Å². The van der Waals surface area contributed by atoms with Crippen LogP contribution in [0.25, 0.3) is 21.9 Å². The third-order valence-corrected chi connectivity index (χ3v) is 11.6. The monoisotopic (exact) mass is 801 g/mol. The minimum absolute atomic E-state index is 0.195. The first kappa shape index (κ1) is 39.5. The maximum atomic E-state index is 15.8. The quantitative estimate of drug-likeness (QED) is 0.135. The fourth-order valence-electron chi connectivity index (χ4n) is 8.73. The number of hydrogen-bond donors (Lipinski definition) is 3. The highest BCUT2D eigenvalue weighted by molar-refractivity contribution is 5.96. The zero-order valence-electron chi connectivity index (χ0n) is 31.9. The molecular formula is C44H44F5N5O4. The number of likely N-dealkylation sites (tertiary alicyclic amines) is 1. The van der Waals surface area contributed by atoms with Crippen molar-refractivity contribution in [2.24, 2.45) is 7.05 Å². The maximum Gasteiger partial charge on any atom is 0.573 e. The minimum atomic E-state index is -4.92. The standard InChI is InChI=1S/C44H44F5N5O4/c1-52-25-36(34-7-2-3-8-35(34)42(52)57)28-9-10-31(39(21-28)58-44(47,48)49)24-53-19-17-33-29(22-53)5-4-6-30(33)23-54-20-18-37(43(45,46)26-54)27-11-13-32(14-12-27)50-38-15-16-40(55)51-41(38)56/h2-14,21,25,37-38,40,50,55H,15-20,22-24,26H2,1H3,(H,51,56). The summed E-state index contributed by atoms with van der Waals surface area (Å²) in [6.07, 6.45) is -2.39. The normalized spacial score (nSPS) is 21.4. The van der Waals surface area contributed by atoms with Gasteiger partial charge in [0.1, 0.15) is 18.0 Å². The molecule has 0 spiro atoms. The summed E-state index contributed by atoms with van der Waals surface area (Å²) >= 11 is 0. The lowest BCUT2D eigenvalue weighted by atomic mass is 9.85. The number of ether oxygens (including phenoxy) is 1. The zero-order valence-corrected chi connectivity index (χ0v) is 31.9. The largest absolute Gasteiger partial charge is 0.573 e. The van der Waals surface area contributed by atoms with E-state index < -0.39 is 37.0 Å². The molecule has 1 amide bonds. The number of fused-ring (bicyclic) bond motifs is 2. The van der Waals surface area contributed by atoms with Gasteiger partial charge < -0.3 is 25.0 Å². The molecule has 0 aliphatic carbocycles. The van der Waals surface area contributed by atoms with Gasteiger partial charge >= 0.3 is 6.36 Å². The number of carbonyl (C=O) groups is 1. The number of nitrogens with zero attached hydrogens (tertiary/aromatic N) is 3. The molecule has 4 aromatic carbocycles. The van der Waals surface area contributed by atoms with E-state index in [0.29, 0.717) is 84.2 Å². The zero-order chi connectivity index (χ0) is 40.8. The second-order valence-corrected chi connectivity index (χ2v) is 15.6. The molecule has 4 heterocycles. The van der Waals surface area contributed by atoms with Gasteiger partial charge in [0, 0.05) is 61.6 Å². The minimum Gasteiger partial charge on any atom is -0.405 e. The second kappa shape index (κ2) is 15.8. The summed E-state index contributed by atoms with van der Waals surface area (Å²) in [5, 5.41) is 16.3. The van der Waals surface area contributed by atoms with Crippen LogP contribution in [0.1, 0.15) is 53.0 Å². The molecule has 3 aliphatic heterocycles. The predicted octanol–water partition coefficient (Wildman–Crippen LogP) is 7.30. The van der Waals surface area contributed by atoms with Crippen molar-refractivity contribution in [2.75, 3.05) is 25.0 Å². The lowest BCUT2D eigenvalue weighted by Crippen LogP contribution is -2.49. The third-order valence-electron chi connectivity index (χ3n) is 11.6. The summed E-state index contributed by atoms with van der Waals surface area (Å²) in [6.45, 7) is 1.66. The van der Waals surface area contributed by atoms with Crippen LogP contribution in [0.3, 0.4) is 0 Å². The highest BCUT2D eigenvalue weighted by Crippen LogP contribution is 2.42. The highest BCUT2D eigenvalue weighted by atomic mass is 19.4. The van der Waals surface area contributed by atoms with Gasteiger partial charge in [-0.15, -0.1) is 13.2 Å². The number of aliphatic hydroxyl groups is 1. The van der Waals surface area contributed by atoms with E-state index in [1.54, 1.807) is 78.8 Å². The molecule has 3 atom stereocenters. The average molecular weight is 802 g/mol. The number of pyridine rings is 1. The number of hydrogen-bond acceptors (Lipinski definition) is 7. The van der Waals surface area contributed by atoms with E-state index in [2.05, 4.69) is 20.3 Å². The number of carbonyl (C=O) groups excluding carboxylic acids is 1. The highest BCUT2D eigenvalue weighted by Gasteiger charge is 2.45. The first-order valence-corrected chi connectivity index (χ1v) is 19.5. The number of benzene rings is 4. The first-order valence-electron chi connectivity index (χ1n) is 19.5. The molecule has 2 saturated heterocycles. The molecule has 9 nitrogen and oxygen atoms in total.